The van der Waals surface area contributed by atoms with Crippen LogP contribution in [0, 0.1) is 6.92 Å². The zero-order valence-corrected chi connectivity index (χ0v) is 19.1. The van der Waals surface area contributed by atoms with Crippen LogP contribution in [-0.2, 0) is 14.8 Å². The molecule has 0 aliphatic carbocycles. The van der Waals surface area contributed by atoms with Crippen molar-refractivity contribution in [2.45, 2.75) is 11.8 Å². The maximum Gasteiger partial charge on any atom is 0.324 e. The molecule has 0 spiro atoms. The quantitative estimate of drug-likeness (QED) is 0.407. The van der Waals surface area contributed by atoms with Gasteiger partial charge in [0.15, 0.2) is 5.13 Å². The van der Waals surface area contributed by atoms with Gasteiger partial charge in [0, 0.05) is 32.7 Å². The number of fused-ring (bicyclic) bond motifs is 1. The summed E-state index contributed by atoms with van der Waals surface area (Å²) in [5.74, 6) is -1.30. The molecule has 1 N–H and O–H groups in total. The van der Waals surface area contributed by atoms with Crippen LogP contribution in [0.15, 0.2) is 59.8 Å². The number of carbonyl (C=O) groups is 1. The van der Waals surface area contributed by atoms with Gasteiger partial charge in [-0.3, -0.25) is 13.7 Å². The fraction of sp³-hybridized carbons (Fsp3) is 0.100. The fourth-order valence-corrected chi connectivity index (χ4v) is 6.04. The van der Waals surface area contributed by atoms with E-state index >= 15 is 0 Å². The topological polar surface area (TPSA) is 92.5 Å². The number of hydrogen-bond donors (Lipinski definition) is 1. The third-order valence-electron chi connectivity index (χ3n) is 4.48. The minimum Gasteiger partial charge on any atom is -0.480 e. The molecule has 0 unspecified atom stereocenters. The molecule has 0 aliphatic heterocycles. The minimum atomic E-state index is -4.24. The second-order valence-electron chi connectivity index (χ2n) is 6.69. The lowest BCUT2D eigenvalue weighted by Gasteiger charge is -2.23. The van der Waals surface area contributed by atoms with Crippen LogP contribution in [0.1, 0.15) is 4.88 Å². The molecule has 31 heavy (non-hydrogen) atoms. The van der Waals surface area contributed by atoms with Crippen molar-refractivity contribution in [1.82, 2.24) is 9.55 Å². The van der Waals surface area contributed by atoms with Gasteiger partial charge >= 0.3 is 5.97 Å². The number of aromatic nitrogens is 2. The van der Waals surface area contributed by atoms with E-state index in [-0.39, 0.29) is 20.6 Å². The molecule has 11 heteroatoms. The molecule has 2 aromatic heterocycles. The van der Waals surface area contributed by atoms with Gasteiger partial charge in [-0.2, -0.15) is 0 Å². The van der Waals surface area contributed by atoms with E-state index in [1.165, 1.54) is 29.5 Å². The Morgan fingerprint density at radius 3 is 2.48 bits per heavy atom. The Bertz CT molecular complexity index is 1390. The van der Waals surface area contributed by atoms with Crippen molar-refractivity contribution in [3.63, 3.8) is 0 Å². The van der Waals surface area contributed by atoms with Crippen LogP contribution in [0.3, 0.4) is 0 Å². The molecule has 0 amide bonds. The Labute approximate surface area is 192 Å². The van der Waals surface area contributed by atoms with Gasteiger partial charge in [0.1, 0.15) is 6.54 Å². The first-order valence-corrected chi connectivity index (χ1v) is 11.9. The summed E-state index contributed by atoms with van der Waals surface area (Å²) >= 11 is 13.5. The smallest absolute Gasteiger partial charge is 0.324 e. The number of carboxylic acids is 1. The molecule has 2 aromatic carbocycles. The molecule has 0 fully saturated rings. The fourth-order valence-electron chi connectivity index (χ4n) is 3.15. The van der Waals surface area contributed by atoms with Crippen LogP contribution >= 0.6 is 34.5 Å². The number of carboxylic acid groups (broad SMARTS) is 1. The van der Waals surface area contributed by atoms with Crippen LogP contribution in [0.2, 0.25) is 10.0 Å². The predicted octanol–water partition coefficient (Wildman–Crippen LogP) is 4.98. The normalized spacial score (nSPS) is 11.7. The number of anilines is 1. The average Bonchev–Trinajstić information content (AvgIpc) is 3.30. The van der Waals surface area contributed by atoms with Crippen molar-refractivity contribution in [2.24, 2.45) is 0 Å². The molecular formula is C20H15Cl2N3O4S2. The highest BCUT2D eigenvalue weighted by Crippen LogP contribution is 2.31. The maximum absolute atomic E-state index is 13.3. The average molecular weight is 496 g/mol. The molecule has 2 heterocycles. The zero-order valence-electron chi connectivity index (χ0n) is 16.0. The van der Waals surface area contributed by atoms with E-state index < -0.39 is 22.5 Å². The Balaban J connectivity index is 1.82. The van der Waals surface area contributed by atoms with E-state index in [4.69, 9.17) is 23.2 Å². The molecule has 160 valence electrons. The third-order valence-corrected chi connectivity index (χ3v) is 7.58. The van der Waals surface area contributed by atoms with Gasteiger partial charge in [0.25, 0.3) is 10.0 Å². The van der Waals surface area contributed by atoms with Gasteiger partial charge in [0.05, 0.1) is 16.1 Å². The molecule has 4 aromatic rings. The van der Waals surface area contributed by atoms with Crippen molar-refractivity contribution in [3.8, 4) is 5.13 Å². The number of rotatable bonds is 6. The highest BCUT2D eigenvalue weighted by atomic mass is 35.5. The number of halogens is 2. The van der Waals surface area contributed by atoms with E-state index in [2.05, 4.69) is 4.98 Å². The first kappa shape index (κ1) is 21.6. The SMILES string of the molecule is Cc1cnc(-n2ccc3cc(N(CC(=O)O)S(=O)(=O)c4cc(Cl)cc(Cl)c4)ccc32)s1. The van der Waals surface area contributed by atoms with E-state index in [0.717, 1.165) is 25.2 Å². The minimum absolute atomic E-state index is 0.132. The molecule has 4 rings (SSSR count). The van der Waals surface area contributed by atoms with Crippen LogP contribution in [0.25, 0.3) is 16.0 Å². The van der Waals surface area contributed by atoms with Crippen molar-refractivity contribution in [3.05, 3.63) is 69.8 Å². The van der Waals surface area contributed by atoms with Crippen LogP contribution in [0.4, 0.5) is 5.69 Å². The van der Waals surface area contributed by atoms with Gasteiger partial charge in [-0.05, 0) is 49.4 Å². The number of nitrogens with zero attached hydrogens (tertiary/aromatic N) is 3. The standard InChI is InChI=1S/C20H15Cl2N3O4S2/c1-12-10-23-20(30-12)24-5-4-13-6-16(2-3-18(13)24)25(11-19(26)27)31(28,29)17-8-14(21)7-15(22)9-17/h2-10H,11H2,1H3,(H,26,27). The summed E-state index contributed by atoms with van der Waals surface area (Å²) in [4.78, 5) is 16.7. The van der Waals surface area contributed by atoms with Gasteiger partial charge in [-0.25, -0.2) is 13.4 Å². The summed E-state index contributed by atoms with van der Waals surface area (Å²) in [5.41, 5.74) is 1.02. The lowest BCUT2D eigenvalue weighted by molar-refractivity contribution is -0.135. The van der Waals surface area contributed by atoms with Crippen molar-refractivity contribution < 1.29 is 18.3 Å². The summed E-state index contributed by atoms with van der Waals surface area (Å²) in [5, 5.41) is 11.1. The van der Waals surface area contributed by atoms with Gasteiger partial charge in [-0.15, -0.1) is 11.3 Å². The van der Waals surface area contributed by atoms with E-state index in [0.29, 0.717) is 0 Å². The second kappa shape index (κ2) is 8.16. The Morgan fingerprint density at radius 1 is 1.16 bits per heavy atom. The van der Waals surface area contributed by atoms with Crippen LogP contribution < -0.4 is 4.31 Å². The van der Waals surface area contributed by atoms with Gasteiger partial charge in [-0.1, -0.05) is 23.2 Å². The molecule has 0 saturated carbocycles. The summed E-state index contributed by atoms with van der Waals surface area (Å²) in [6.45, 7) is 1.20. The van der Waals surface area contributed by atoms with Gasteiger partial charge in [0.2, 0.25) is 0 Å². The molecule has 0 aliphatic rings. The van der Waals surface area contributed by atoms with E-state index in [9.17, 15) is 18.3 Å². The Morgan fingerprint density at radius 2 is 1.87 bits per heavy atom. The number of aliphatic carboxylic acids is 1. The van der Waals surface area contributed by atoms with Crippen molar-refractivity contribution in [2.75, 3.05) is 10.8 Å². The maximum atomic E-state index is 13.3. The zero-order chi connectivity index (χ0) is 22.3. The van der Waals surface area contributed by atoms with Crippen LogP contribution in [-0.4, -0.2) is 35.6 Å². The first-order valence-electron chi connectivity index (χ1n) is 8.90. The van der Waals surface area contributed by atoms with E-state index in [1.54, 1.807) is 24.4 Å². The van der Waals surface area contributed by atoms with Crippen molar-refractivity contribution in [1.29, 1.82) is 0 Å². The number of hydrogen-bond acceptors (Lipinski definition) is 5. The monoisotopic (exact) mass is 495 g/mol. The third kappa shape index (κ3) is 4.27. The molecular weight excluding hydrogens is 481 g/mol. The summed E-state index contributed by atoms with van der Waals surface area (Å²) in [6.07, 6.45) is 3.61. The molecule has 0 bridgehead atoms. The number of aryl methyl sites for hydroxylation is 1. The lowest BCUT2D eigenvalue weighted by Crippen LogP contribution is -2.35. The number of thiazole rings is 1. The van der Waals surface area contributed by atoms with E-state index in [1.807, 2.05) is 23.8 Å². The molecule has 7 nitrogen and oxygen atoms in total. The molecule has 0 atom stereocenters. The summed E-state index contributed by atoms with van der Waals surface area (Å²) in [7, 11) is -4.24. The second-order valence-corrected chi connectivity index (χ2v) is 10.6. The first-order chi connectivity index (χ1) is 14.6. The lowest BCUT2D eigenvalue weighted by atomic mass is 10.2. The van der Waals surface area contributed by atoms with Gasteiger partial charge < -0.3 is 5.11 Å². The van der Waals surface area contributed by atoms with Crippen LogP contribution in [0.5, 0.6) is 0 Å². The Hall–Kier alpha value is -2.59. The molecule has 0 radical (unpaired) electrons. The Kier molecular flexibility index (Phi) is 5.69. The highest BCUT2D eigenvalue weighted by molar-refractivity contribution is 7.92. The number of sulfonamides is 1. The predicted molar refractivity (Wildman–Crippen MR) is 122 cm³/mol. The van der Waals surface area contributed by atoms with Crippen molar-refractivity contribution >= 4 is 67.1 Å². The number of benzene rings is 2. The summed E-state index contributed by atoms with van der Waals surface area (Å²) in [6, 6.07) is 10.6. The summed E-state index contributed by atoms with van der Waals surface area (Å²) < 4.78 is 29.3. The molecule has 0 saturated heterocycles. The highest BCUT2D eigenvalue weighted by Gasteiger charge is 2.28. The largest absolute Gasteiger partial charge is 0.480 e.